The number of ether oxygens (including phenoxy) is 13. The summed E-state index contributed by atoms with van der Waals surface area (Å²) in [5.74, 6) is -24.5. The van der Waals surface area contributed by atoms with E-state index in [1.54, 1.807) is 44.2 Å². The highest BCUT2D eigenvalue weighted by Crippen LogP contribution is 2.46. The zero-order valence-corrected chi connectivity index (χ0v) is 70.3. The van der Waals surface area contributed by atoms with Gasteiger partial charge in [0.1, 0.15) is 38.1 Å². The molecule has 0 bridgehead atoms. The molecule has 716 valence electrons. The van der Waals surface area contributed by atoms with E-state index in [1.807, 2.05) is 0 Å². The van der Waals surface area contributed by atoms with Crippen molar-refractivity contribution < 1.29 is 222 Å². The maximum atomic E-state index is 14.0. The second kappa shape index (κ2) is 56.1. The maximum absolute atomic E-state index is 14.0. The van der Waals surface area contributed by atoms with Gasteiger partial charge >= 0.3 is 120 Å². The highest BCUT2D eigenvalue weighted by atomic mass is 19.4. The first kappa shape index (κ1) is 125. The van der Waals surface area contributed by atoms with E-state index >= 15 is 0 Å². The van der Waals surface area contributed by atoms with Gasteiger partial charge in [-0.05, 0) is 115 Å². The summed E-state index contributed by atoms with van der Waals surface area (Å²) in [6, 6.07) is 8.44. The monoisotopic (exact) mass is 1850 g/mol. The molecule has 5 unspecified atom stereocenters. The van der Waals surface area contributed by atoms with E-state index in [1.165, 1.54) is 83.1 Å². The third-order valence-corrected chi connectivity index (χ3v) is 13.0. The number of benzene rings is 1. The Balaban J connectivity index is -0.000000328. The lowest BCUT2D eigenvalue weighted by Gasteiger charge is -2.33. The highest BCUT2D eigenvalue weighted by molar-refractivity contribution is 5.91. The molecule has 5 atom stereocenters. The summed E-state index contributed by atoms with van der Waals surface area (Å²) < 4.78 is 319. The van der Waals surface area contributed by atoms with Crippen LogP contribution < -0.4 is 0 Å². The minimum absolute atomic E-state index is 0.0110. The molecule has 1 heterocycles. The predicted molar refractivity (Wildman–Crippen MR) is 394 cm³/mol. The van der Waals surface area contributed by atoms with Crippen LogP contribution >= 0.6 is 0 Å². The van der Waals surface area contributed by atoms with Crippen molar-refractivity contribution in [3.05, 3.63) is 133 Å². The molecule has 0 amide bonds. The molecular formula is C77H99F21O27. The van der Waals surface area contributed by atoms with Crippen molar-refractivity contribution in [1.29, 1.82) is 0 Å². The van der Waals surface area contributed by atoms with Crippen molar-refractivity contribution in [3.63, 3.8) is 0 Å². The second-order valence-electron chi connectivity index (χ2n) is 26.4. The van der Waals surface area contributed by atoms with Crippen LogP contribution in [-0.2, 0) is 121 Å². The molecule has 0 aliphatic carbocycles. The Bertz CT molecular complexity index is 3770. The molecule has 1 aliphatic heterocycles. The Morgan fingerprint density at radius 1 is 0.448 bits per heavy atom. The first-order valence-electron chi connectivity index (χ1n) is 35.3. The lowest BCUT2D eigenvalue weighted by molar-refractivity contribution is -0.373. The van der Waals surface area contributed by atoms with E-state index in [-0.39, 0.29) is 86.8 Å². The Morgan fingerprint density at radius 2 is 0.768 bits per heavy atom. The Hall–Kier alpha value is -11.0. The fourth-order valence-corrected chi connectivity index (χ4v) is 6.65. The Morgan fingerprint density at radius 3 is 1.06 bits per heavy atom. The van der Waals surface area contributed by atoms with Crippen LogP contribution in [0.2, 0.25) is 0 Å². The average molecular weight is 1860 g/mol. The van der Waals surface area contributed by atoms with Crippen LogP contribution in [-0.4, -0.2) is 218 Å². The molecule has 0 aromatic heterocycles. The number of carbonyl (C=O) groups is 12. The number of alkyl halides is 21. The topological polar surface area (TPSA) is 365 Å². The Kier molecular flexibility index (Phi) is 56.0. The quantitative estimate of drug-likeness (QED) is 0.0293. The van der Waals surface area contributed by atoms with Gasteiger partial charge in [0.25, 0.3) is 11.7 Å². The van der Waals surface area contributed by atoms with Gasteiger partial charge in [-0.3, -0.25) is 0 Å². The largest absolute Gasteiger partial charge is 0.508 e. The van der Waals surface area contributed by atoms with Crippen LogP contribution in [0.1, 0.15) is 142 Å². The summed E-state index contributed by atoms with van der Waals surface area (Å²) in [7, 11) is 0. The standard InChI is InChI=1S/C16H18F2O4.C13H20F2O4.C11H16F2O4.C10H12F6O3.C8H10O5.C7H6F6O2.C6H7F3O2.C6H10O3/c1-4-13(22-14(19)11(2)3)16(17,18)15(20)21-10-12-8-6-5-7-9-12;1-7-9(18-10(16)8(2)3)13(14,15)11(17)19-12(4,5)6;1-5-8(17-9(14)7(3)4)11(12,13)10(15)16-6-2;1-5(2)7(17)19-6(3)4-8(18,9(11,12)13)10(14,15)16;1-5(2)7(9)11-3-6-4-12-8(10)13-6;1-3(2)4(14)15-5(6(8,9)10)7(11,12)13;1-4(2)5(10)11-3-6(7,8)9;1-5(2)6(8)9-4-3-7/h5-9,13H,2,4,10H2,1,3H3;9H,2,7H2,1,3-6H3;8H,3,5-6H2,1-2,4H3;6,18H,1,4H2,2-3H3;6H,1,3-4H2,2H3;5H,1H2,2H3;1,3H2,2H3;7H,1,3-4H2,2H3. The average Bonchev–Trinajstić information content (AvgIpc) is 1.50. The van der Waals surface area contributed by atoms with Gasteiger partial charge in [-0.2, -0.15) is 92.2 Å². The van der Waals surface area contributed by atoms with Crippen LogP contribution in [0.4, 0.5) is 97.0 Å². The third kappa shape index (κ3) is 52.4. The molecule has 125 heavy (non-hydrogen) atoms. The van der Waals surface area contributed by atoms with Gasteiger partial charge in [-0.15, -0.1) is 0 Å². The van der Waals surface area contributed by atoms with Crippen LogP contribution in [0.25, 0.3) is 0 Å². The number of hydrogen-bond donors (Lipinski definition) is 2. The van der Waals surface area contributed by atoms with Gasteiger partial charge < -0.3 is 71.8 Å². The van der Waals surface area contributed by atoms with Gasteiger partial charge in [0.2, 0.25) is 0 Å². The number of aliphatic hydroxyl groups excluding tert-OH is 1. The van der Waals surface area contributed by atoms with Crippen molar-refractivity contribution in [2.45, 2.75) is 240 Å². The van der Waals surface area contributed by atoms with Crippen molar-refractivity contribution in [1.82, 2.24) is 0 Å². The number of halogens is 21. The van der Waals surface area contributed by atoms with Crippen molar-refractivity contribution >= 4 is 71.8 Å². The van der Waals surface area contributed by atoms with E-state index in [9.17, 15) is 150 Å². The summed E-state index contributed by atoms with van der Waals surface area (Å²) in [6.45, 7) is 45.0. The molecule has 1 aromatic rings. The number of esters is 11. The summed E-state index contributed by atoms with van der Waals surface area (Å²) >= 11 is 0. The molecule has 27 nitrogen and oxygen atoms in total. The molecule has 2 rings (SSSR count). The van der Waals surface area contributed by atoms with Crippen molar-refractivity contribution in [3.8, 4) is 0 Å². The second-order valence-corrected chi connectivity index (χ2v) is 26.4. The molecule has 1 fully saturated rings. The summed E-state index contributed by atoms with van der Waals surface area (Å²) in [5, 5.41) is 17.0. The highest BCUT2D eigenvalue weighted by Gasteiger charge is 2.71. The molecule has 48 heteroatoms. The van der Waals surface area contributed by atoms with E-state index in [0.29, 0.717) is 16.7 Å². The first-order chi connectivity index (χ1) is 56.2. The van der Waals surface area contributed by atoms with Crippen LogP contribution in [0.15, 0.2) is 128 Å². The molecule has 1 aromatic carbocycles. The molecule has 0 radical (unpaired) electrons. The number of cyclic esters (lactones) is 2. The van der Waals surface area contributed by atoms with E-state index in [0.717, 1.165) is 13.8 Å². The first-order valence-corrected chi connectivity index (χ1v) is 35.3. The van der Waals surface area contributed by atoms with Crippen LogP contribution in [0, 0.1) is 0 Å². The maximum Gasteiger partial charge on any atom is 0.508 e. The van der Waals surface area contributed by atoms with E-state index in [4.69, 9.17) is 14.9 Å². The molecule has 1 saturated heterocycles. The van der Waals surface area contributed by atoms with Gasteiger partial charge in [-0.25, -0.2) is 57.5 Å². The zero-order chi connectivity index (χ0) is 100. The normalized spacial score (nSPS) is 13.5. The summed E-state index contributed by atoms with van der Waals surface area (Å²) in [4.78, 5) is 131. The molecular weight excluding hydrogens is 1760 g/mol. The van der Waals surface area contributed by atoms with Crippen LogP contribution in [0.5, 0.6) is 0 Å². The fourth-order valence-electron chi connectivity index (χ4n) is 6.65. The number of rotatable bonds is 32. The zero-order valence-electron chi connectivity index (χ0n) is 70.3. The smallest absolute Gasteiger partial charge is 0.461 e. The fraction of sp³-hybridized carbons (Fsp3) is 0.558. The minimum Gasteiger partial charge on any atom is -0.461 e. The summed E-state index contributed by atoms with van der Waals surface area (Å²) in [5.41, 5.74) is -5.57. The lowest BCUT2D eigenvalue weighted by atomic mass is 9.95. The van der Waals surface area contributed by atoms with Crippen molar-refractivity contribution in [2.24, 2.45) is 0 Å². The van der Waals surface area contributed by atoms with Gasteiger partial charge in [0.15, 0.2) is 31.0 Å². The minimum atomic E-state index is -5.94. The number of aliphatic hydroxyl groups is 2. The van der Waals surface area contributed by atoms with Crippen LogP contribution in [0.3, 0.4) is 0 Å². The summed E-state index contributed by atoms with van der Waals surface area (Å²) in [6.07, 6.45) is -42.9. The predicted octanol–water partition coefficient (Wildman–Crippen LogP) is 16.0. The molecule has 0 saturated carbocycles. The third-order valence-electron chi connectivity index (χ3n) is 13.0. The van der Waals surface area contributed by atoms with Gasteiger partial charge in [0, 0.05) is 51.0 Å². The Labute approximate surface area is 703 Å². The molecule has 1 aliphatic rings. The number of carbonyl (C=O) groups excluding carboxylic acids is 12. The van der Waals surface area contributed by atoms with E-state index in [2.05, 4.69) is 109 Å². The molecule has 0 spiro atoms. The van der Waals surface area contributed by atoms with Gasteiger partial charge in [-0.1, -0.05) is 104 Å². The lowest BCUT2D eigenvalue weighted by Crippen LogP contribution is -2.58. The molecule has 2 N–H and O–H groups in total. The number of hydrogen-bond acceptors (Lipinski definition) is 27. The van der Waals surface area contributed by atoms with Gasteiger partial charge in [0.05, 0.1) is 13.2 Å². The SMILES string of the molecule is C=C(C)C(=O)OC(C(F)(F)F)C(F)(F)F.C=C(C)C(=O)OC(C)CC(O)(C(F)(F)F)C(F)(F)F.C=C(C)C(=O)OC(CC)C(F)(F)C(=O)OC(C)(C)C.C=C(C)C(=O)OC(CC)C(F)(F)C(=O)OCC.C=C(C)C(=O)OC(CC)C(F)(F)C(=O)OCc1ccccc1.C=C(C)C(=O)OCC(F)(F)F.C=C(C)C(=O)OCC1COC(=O)O1.C=C(C)C(=O)OCCO. The van der Waals surface area contributed by atoms with E-state index < -0.39 is 187 Å². The van der Waals surface area contributed by atoms with Crippen molar-refractivity contribution in [2.75, 3.05) is 39.6 Å².